The number of nitrogens with two attached hydrogens (primary N) is 1. The van der Waals surface area contributed by atoms with Crippen LogP contribution in [0.3, 0.4) is 0 Å². The number of nitrogens with one attached hydrogen (secondary N) is 2. The number of aryl methyl sites for hydroxylation is 2. The molecule has 0 atom stereocenters. The number of H-pyrrole nitrogens is 1. The Morgan fingerprint density at radius 1 is 1.14 bits per heavy atom. The van der Waals surface area contributed by atoms with E-state index in [-0.39, 0.29) is 24.0 Å². The molecule has 4 N–H and O–H groups in total. The van der Waals surface area contributed by atoms with Gasteiger partial charge < -0.3 is 25.5 Å². The molecule has 0 fully saturated rings. The third-order valence-electron chi connectivity index (χ3n) is 4.68. The molecule has 1 aromatic heterocycles. The molecule has 0 aliphatic heterocycles. The largest absolute Gasteiger partial charge is 0.497 e. The van der Waals surface area contributed by atoms with Crippen LogP contribution in [0.2, 0.25) is 0 Å². The third-order valence-corrected chi connectivity index (χ3v) is 4.68. The van der Waals surface area contributed by atoms with E-state index in [0.29, 0.717) is 12.5 Å². The van der Waals surface area contributed by atoms with Gasteiger partial charge in [0.05, 0.1) is 19.7 Å². The van der Waals surface area contributed by atoms with Crippen LogP contribution in [0.1, 0.15) is 24.6 Å². The van der Waals surface area contributed by atoms with Gasteiger partial charge in [-0.2, -0.15) is 0 Å². The van der Waals surface area contributed by atoms with Crippen molar-refractivity contribution in [1.82, 2.24) is 4.98 Å². The number of nitrogens with zero attached hydrogens (tertiary/aromatic N) is 1. The van der Waals surface area contributed by atoms with Crippen LogP contribution in [-0.2, 0) is 12.8 Å². The van der Waals surface area contributed by atoms with Gasteiger partial charge in [0.2, 0.25) is 0 Å². The lowest BCUT2D eigenvalue weighted by molar-refractivity contribution is 0.398. The molecule has 0 bridgehead atoms. The van der Waals surface area contributed by atoms with E-state index < -0.39 is 0 Å². The number of hydrogen-bond donors (Lipinski definition) is 3. The predicted octanol–water partition coefficient (Wildman–Crippen LogP) is 4.72. The molecule has 0 aliphatic rings. The first kappa shape index (κ1) is 22.9. The fourth-order valence-electron chi connectivity index (χ4n) is 3.18. The highest BCUT2D eigenvalue weighted by Gasteiger charge is 2.09. The second kappa shape index (κ2) is 10.9. The number of rotatable bonds is 8. The lowest BCUT2D eigenvalue weighted by Gasteiger charge is -2.07. The molecule has 156 valence electrons. The predicted molar refractivity (Wildman–Crippen MR) is 131 cm³/mol. The molecule has 1 heterocycles. The lowest BCUT2D eigenvalue weighted by atomic mass is 10.1. The fraction of sp³-hybridized carbons (Fsp3) is 0.318. The van der Waals surface area contributed by atoms with E-state index in [4.69, 9.17) is 15.2 Å². The molecule has 3 rings (SSSR count). The van der Waals surface area contributed by atoms with E-state index >= 15 is 0 Å². The normalized spacial score (nSPS) is 11.2. The van der Waals surface area contributed by atoms with E-state index in [2.05, 4.69) is 40.4 Å². The SMILES string of the molecule is CCc1cccc(NC(N)=NCCCc2cc3c(OC)cc(OC)cc3[nH]2)c1.I. The van der Waals surface area contributed by atoms with Crippen LogP contribution >= 0.6 is 24.0 Å². The molecule has 0 saturated heterocycles. The number of methoxy groups -OCH3 is 2. The van der Waals surface area contributed by atoms with Gasteiger partial charge in [0.25, 0.3) is 0 Å². The second-order valence-electron chi connectivity index (χ2n) is 6.63. The number of guanidine groups is 1. The van der Waals surface area contributed by atoms with Crippen LogP contribution < -0.4 is 20.5 Å². The van der Waals surface area contributed by atoms with Gasteiger partial charge in [-0.15, -0.1) is 24.0 Å². The lowest BCUT2D eigenvalue weighted by Crippen LogP contribution is -2.23. The minimum atomic E-state index is 0. The maximum atomic E-state index is 6.01. The van der Waals surface area contributed by atoms with E-state index in [0.717, 1.165) is 53.0 Å². The van der Waals surface area contributed by atoms with Gasteiger partial charge in [-0.3, -0.25) is 4.99 Å². The van der Waals surface area contributed by atoms with E-state index in [1.165, 1.54) is 5.56 Å². The Hall–Kier alpha value is -2.42. The van der Waals surface area contributed by atoms with Gasteiger partial charge in [-0.05, 0) is 43.0 Å². The summed E-state index contributed by atoms with van der Waals surface area (Å²) in [6.07, 6.45) is 2.76. The Kier molecular flexibility index (Phi) is 8.63. The highest BCUT2D eigenvalue weighted by Crippen LogP contribution is 2.31. The molecule has 0 aliphatic carbocycles. The molecule has 29 heavy (non-hydrogen) atoms. The van der Waals surface area contributed by atoms with Crippen molar-refractivity contribution >= 4 is 46.5 Å². The summed E-state index contributed by atoms with van der Waals surface area (Å²) >= 11 is 0. The first-order valence-corrected chi connectivity index (χ1v) is 9.52. The number of aromatic nitrogens is 1. The van der Waals surface area contributed by atoms with E-state index in [1.54, 1.807) is 14.2 Å². The molecule has 3 aromatic rings. The summed E-state index contributed by atoms with van der Waals surface area (Å²) in [6.45, 7) is 2.79. The van der Waals surface area contributed by atoms with Gasteiger partial charge in [-0.25, -0.2) is 0 Å². The van der Waals surface area contributed by atoms with Gasteiger partial charge >= 0.3 is 0 Å². The Balaban J connectivity index is 0.00000300. The number of aliphatic imine (C=N–C) groups is 1. The summed E-state index contributed by atoms with van der Waals surface area (Å²) < 4.78 is 10.8. The maximum absolute atomic E-state index is 6.01. The van der Waals surface area contributed by atoms with Crippen molar-refractivity contribution in [3.8, 4) is 11.5 Å². The van der Waals surface area contributed by atoms with Crippen molar-refractivity contribution in [1.29, 1.82) is 0 Å². The second-order valence-corrected chi connectivity index (χ2v) is 6.63. The molecule has 2 aromatic carbocycles. The summed E-state index contributed by atoms with van der Waals surface area (Å²) in [5.74, 6) is 2.02. The number of halogens is 1. The number of aromatic amines is 1. The molecular weight excluding hydrogens is 479 g/mol. The highest BCUT2D eigenvalue weighted by atomic mass is 127. The summed E-state index contributed by atoms with van der Waals surface area (Å²) in [5.41, 5.74) is 10.4. The zero-order valence-corrected chi connectivity index (χ0v) is 19.4. The summed E-state index contributed by atoms with van der Waals surface area (Å²) in [4.78, 5) is 7.86. The fourth-order valence-corrected chi connectivity index (χ4v) is 3.18. The average molecular weight is 508 g/mol. The number of anilines is 1. The van der Waals surface area contributed by atoms with Crippen molar-refractivity contribution in [2.24, 2.45) is 10.7 Å². The molecule has 7 heteroatoms. The zero-order chi connectivity index (χ0) is 19.9. The monoisotopic (exact) mass is 508 g/mol. The average Bonchev–Trinajstić information content (AvgIpc) is 3.13. The quantitative estimate of drug-likeness (QED) is 0.178. The molecule has 0 amide bonds. The zero-order valence-electron chi connectivity index (χ0n) is 17.1. The number of ether oxygens (including phenoxy) is 2. The minimum Gasteiger partial charge on any atom is -0.497 e. The first-order chi connectivity index (χ1) is 13.6. The molecule has 0 saturated carbocycles. The maximum Gasteiger partial charge on any atom is 0.193 e. The van der Waals surface area contributed by atoms with Crippen LogP contribution in [0.4, 0.5) is 5.69 Å². The highest BCUT2D eigenvalue weighted by molar-refractivity contribution is 14.0. The summed E-state index contributed by atoms with van der Waals surface area (Å²) in [6, 6.07) is 14.2. The molecule has 0 unspecified atom stereocenters. The van der Waals surface area contributed by atoms with Crippen molar-refractivity contribution in [2.45, 2.75) is 26.2 Å². The van der Waals surface area contributed by atoms with Crippen molar-refractivity contribution in [2.75, 3.05) is 26.1 Å². The smallest absolute Gasteiger partial charge is 0.193 e. The molecule has 6 nitrogen and oxygen atoms in total. The standard InChI is InChI=1S/C22H28N4O2.HI/c1-4-15-7-5-8-16(11-15)26-22(23)24-10-6-9-17-12-19-20(25-17)13-18(27-2)14-21(19)28-3;/h5,7-8,11-14,25H,4,6,9-10H2,1-3H3,(H3,23,24,26);1H. The Labute approximate surface area is 188 Å². The van der Waals surface area contributed by atoms with Crippen LogP contribution in [0.5, 0.6) is 11.5 Å². The topological polar surface area (TPSA) is 84.7 Å². The van der Waals surface area contributed by atoms with Crippen LogP contribution in [0, 0.1) is 0 Å². The third kappa shape index (κ3) is 6.03. The molecule has 0 radical (unpaired) electrons. The van der Waals surface area contributed by atoms with Gasteiger partial charge in [0, 0.05) is 35.4 Å². The van der Waals surface area contributed by atoms with E-state index in [1.807, 2.05) is 24.3 Å². The van der Waals surface area contributed by atoms with Crippen LogP contribution in [-0.4, -0.2) is 31.7 Å². The number of hydrogen-bond acceptors (Lipinski definition) is 3. The van der Waals surface area contributed by atoms with Gasteiger partial charge in [0.1, 0.15) is 11.5 Å². The summed E-state index contributed by atoms with van der Waals surface area (Å²) in [5, 5.41) is 4.21. The van der Waals surface area contributed by atoms with Gasteiger partial charge in [-0.1, -0.05) is 19.1 Å². The minimum absolute atomic E-state index is 0. The number of benzene rings is 2. The Bertz CT molecular complexity index is 969. The van der Waals surface area contributed by atoms with Crippen LogP contribution in [0.15, 0.2) is 47.5 Å². The Morgan fingerprint density at radius 3 is 2.69 bits per heavy atom. The van der Waals surface area contributed by atoms with E-state index in [9.17, 15) is 0 Å². The summed E-state index contributed by atoms with van der Waals surface area (Å²) in [7, 11) is 3.32. The van der Waals surface area contributed by atoms with Crippen molar-refractivity contribution in [3.63, 3.8) is 0 Å². The molecular formula is C22H29IN4O2. The first-order valence-electron chi connectivity index (χ1n) is 9.52. The Morgan fingerprint density at radius 2 is 1.97 bits per heavy atom. The van der Waals surface area contributed by atoms with Gasteiger partial charge in [0.15, 0.2) is 5.96 Å². The van der Waals surface area contributed by atoms with Crippen molar-refractivity contribution < 1.29 is 9.47 Å². The molecule has 0 spiro atoms. The number of fused-ring (bicyclic) bond motifs is 1. The van der Waals surface area contributed by atoms with Crippen molar-refractivity contribution in [3.05, 3.63) is 53.7 Å². The van der Waals surface area contributed by atoms with Crippen LogP contribution in [0.25, 0.3) is 10.9 Å².